The van der Waals surface area contributed by atoms with Crippen molar-refractivity contribution in [3.8, 4) is 5.88 Å². The van der Waals surface area contributed by atoms with Gasteiger partial charge in [-0.25, -0.2) is 8.42 Å². The van der Waals surface area contributed by atoms with Gasteiger partial charge in [-0.05, 0) is 42.2 Å². The molecule has 0 spiro atoms. The Morgan fingerprint density at radius 3 is 2.41 bits per heavy atom. The average Bonchev–Trinajstić information content (AvgIpc) is 3.31. The van der Waals surface area contributed by atoms with E-state index in [1.165, 1.54) is 31.9 Å². The second-order valence-corrected chi connectivity index (χ2v) is 9.41. The van der Waals surface area contributed by atoms with Gasteiger partial charge in [0.05, 0.1) is 11.5 Å². The van der Waals surface area contributed by atoms with Crippen LogP contribution in [0.4, 0.5) is 0 Å². The summed E-state index contributed by atoms with van der Waals surface area (Å²) in [6, 6.07) is 11.4. The second-order valence-electron chi connectivity index (χ2n) is 7.40. The molecule has 0 unspecified atom stereocenters. The van der Waals surface area contributed by atoms with Gasteiger partial charge in [-0.2, -0.15) is 0 Å². The quantitative estimate of drug-likeness (QED) is 0.652. The molecule has 0 radical (unpaired) electrons. The van der Waals surface area contributed by atoms with E-state index in [1.807, 2.05) is 18.2 Å². The monoisotopic (exact) mass is 391 g/mol. The van der Waals surface area contributed by atoms with Crippen molar-refractivity contribution in [2.45, 2.75) is 42.9 Å². The van der Waals surface area contributed by atoms with Crippen LogP contribution in [0.1, 0.15) is 49.3 Å². The normalized spacial score (nSPS) is 16.5. The molecule has 27 heavy (non-hydrogen) atoms. The van der Waals surface area contributed by atoms with Crippen LogP contribution in [0.3, 0.4) is 0 Å². The van der Waals surface area contributed by atoms with Crippen LogP contribution in [0.25, 0.3) is 0 Å². The minimum atomic E-state index is -3.18. The number of hydrogen-bond donors (Lipinski definition) is 1. The van der Waals surface area contributed by atoms with E-state index < -0.39 is 9.84 Å². The van der Waals surface area contributed by atoms with Gasteiger partial charge in [0.1, 0.15) is 6.61 Å². The first-order valence-electron chi connectivity index (χ1n) is 9.58. The zero-order valence-electron chi connectivity index (χ0n) is 16.1. The Hall–Kier alpha value is -1.79. The highest BCUT2D eigenvalue weighted by Crippen LogP contribution is 2.38. The molecular formula is C21H29NO4S. The molecule has 0 aliphatic heterocycles. The fourth-order valence-electron chi connectivity index (χ4n) is 3.88. The smallest absolute Gasteiger partial charge is 0.191 e. The zero-order valence-corrected chi connectivity index (χ0v) is 16.9. The maximum Gasteiger partial charge on any atom is 0.191 e. The van der Waals surface area contributed by atoms with Crippen LogP contribution in [0.5, 0.6) is 5.88 Å². The fraction of sp³-hybridized carbons (Fsp3) is 0.524. The molecule has 1 aliphatic carbocycles. The Morgan fingerprint density at radius 1 is 1.07 bits per heavy atom. The molecule has 0 amide bonds. The van der Waals surface area contributed by atoms with Crippen molar-refractivity contribution in [3.05, 3.63) is 47.7 Å². The van der Waals surface area contributed by atoms with Crippen LogP contribution in [-0.2, 0) is 14.6 Å². The van der Waals surface area contributed by atoms with Crippen molar-refractivity contribution in [1.82, 2.24) is 4.98 Å². The average molecular weight is 392 g/mol. The third-order valence-electron chi connectivity index (χ3n) is 5.36. The van der Waals surface area contributed by atoms with E-state index in [9.17, 15) is 8.42 Å². The summed E-state index contributed by atoms with van der Waals surface area (Å²) >= 11 is 0. The van der Waals surface area contributed by atoms with Crippen molar-refractivity contribution in [1.29, 1.82) is 0 Å². The van der Waals surface area contributed by atoms with Gasteiger partial charge in [-0.1, -0.05) is 37.8 Å². The van der Waals surface area contributed by atoms with Crippen LogP contribution in [0.2, 0.25) is 0 Å². The molecule has 5 nitrogen and oxygen atoms in total. The highest BCUT2D eigenvalue weighted by Gasteiger charge is 2.24. The van der Waals surface area contributed by atoms with Gasteiger partial charge in [-0.3, -0.25) is 0 Å². The van der Waals surface area contributed by atoms with Gasteiger partial charge < -0.3 is 14.5 Å². The number of sulfone groups is 1. The van der Waals surface area contributed by atoms with E-state index in [2.05, 4.69) is 11.1 Å². The van der Waals surface area contributed by atoms with Gasteiger partial charge in [0.2, 0.25) is 0 Å². The van der Waals surface area contributed by atoms with Gasteiger partial charge in [0.25, 0.3) is 0 Å². The van der Waals surface area contributed by atoms with Crippen LogP contribution >= 0.6 is 0 Å². The zero-order chi connectivity index (χ0) is 19.3. The molecule has 3 rings (SSSR count). The van der Waals surface area contributed by atoms with Crippen LogP contribution in [0.15, 0.2) is 41.3 Å². The molecule has 148 valence electrons. The molecule has 1 aromatic carbocycles. The standard InChI is InChI=1S/C21H29NO4S/c1-25-13-14-26-21-12-11-20(22-21)19(15-16-5-3-4-6-16)17-7-9-18(10-8-17)27(2,23)24/h7-12,16,19,22H,3-6,13-15H2,1-2H3/t19-/m1/s1. The largest absolute Gasteiger partial charge is 0.477 e. The molecule has 1 atom stereocenters. The van der Waals surface area contributed by atoms with Crippen molar-refractivity contribution < 1.29 is 17.9 Å². The van der Waals surface area contributed by atoms with E-state index >= 15 is 0 Å². The van der Waals surface area contributed by atoms with E-state index in [0.717, 1.165) is 23.6 Å². The van der Waals surface area contributed by atoms with Crippen molar-refractivity contribution in [2.75, 3.05) is 26.6 Å². The van der Waals surface area contributed by atoms with E-state index in [-0.39, 0.29) is 5.92 Å². The van der Waals surface area contributed by atoms with Gasteiger partial charge in [0, 0.05) is 25.0 Å². The predicted molar refractivity (Wildman–Crippen MR) is 106 cm³/mol. The van der Waals surface area contributed by atoms with Crippen LogP contribution in [0, 0.1) is 5.92 Å². The van der Waals surface area contributed by atoms with Crippen LogP contribution in [-0.4, -0.2) is 40.0 Å². The number of aromatic nitrogens is 1. The summed E-state index contributed by atoms with van der Waals surface area (Å²) in [6.07, 6.45) is 7.47. The lowest BCUT2D eigenvalue weighted by Gasteiger charge is -2.20. The highest BCUT2D eigenvalue weighted by atomic mass is 32.2. The lowest BCUT2D eigenvalue weighted by Crippen LogP contribution is -2.09. The summed E-state index contributed by atoms with van der Waals surface area (Å²) in [7, 11) is -1.53. The third-order valence-corrected chi connectivity index (χ3v) is 6.49. The predicted octanol–water partition coefficient (Wildman–Crippen LogP) is 4.16. The van der Waals surface area contributed by atoms with Gasteiger partial charge in [0.15, 0.2) is 15.7 Å². The van der Waals surface area contributed by atoms with Crippen molar-refractivity contribution >= 4 is 9.84 Å². The summed E-state index contributed by atoms with van der Waals surface area (Å²) in [6.45, 7) is 1.06. The molecule has 1 aliphatic rings. The van der Waals surface area contributed by atoms with Crippen LogP contribution < -0.4 is 4.74 Å². The Balaban J connectivity index is 1.82. The van der Waals surface area contributed by atoms with Gasteiger partial charge >= 0.3 is 0 Å². The summed E-state index contributed by atoms with van der Waals surface area (Å²) in [5, 5.41) is 0. The topological polar surface area (TPSA) is 68.4 Å². The van der Waals surface area contributed by atoms with Crippen molar-refractivity contribution in [2.24, 2.45) is 5.92 Å². The number of ether oxygens (including phenoxy) is 2. The lowest BCUT2D eigenvalue weighted by molar-refractivity contribution is 0.144. The molecule has 1 N–H and O–H groups in total. The summed E-state index contributed by atoms with van der Waals surface area (Å²) in [5.41, 5.74) is 2.25. The third kappa shape index (κ3) is 5.36. The second kappa shape index (κ2) is 8.93. The first kappa shape index (κ1) is 20.0. The summed E-state index contributed by atoms with van der Waals surface area (Å²) < 4.78 is 34.2. The number of aromatic amines is 1. The first-order valence-corrected chi connectivity index (χ1v) is 11.5. The number of benzene rings is 1. The number of hydrogen-bond acceptors (Lipinski definition) is 4. The Bertz CT molecular complexity index is 820. The maximum absolute atomic E-state index is 11.8. The first-order chi connectivity index (χ1) is 13.0. The molecule has 1 heterocycles. The minimum Gasteiger partial charge on any atom is -0.477 e. The number of methoxy groups -OCH3 is 1. The Morgan fingerprint density at radius 2 is 1.78 bits per heavy atom. The number of H-pyrrole nitrogens is 1. The molecule has 6 heteroatoms. The minimum absolute atomic E-state index is 0.210. The Kier molecular flexibility index (Phi) is 6.60. The molecular weight excluding hydrogens is 362 g/mol. The molecule has 1 fully saturated rings. The Labute approximate surface area is 162 Å². The highest BCUT2D eigenvalue weighted by molar-refractivity contribution is 7.90. The summed E-state index contributed by atoms with van der Waals surface area (Å²) in [5.74, 6) is 1.67. The van der Waals surface area contributed by atoms with E-state index in [1.54, 1.807) is 19.2 Å². The molecule has 0 saturated heterocycles. The molecule has 2 aromatic rings. The lowest BCUT2D eigenvalue weighted by atomic mass is 9.86. The van der Waals surface area contributed by atoms with Gasteiger partial charge in [-0.15, -0.1) is 0 Å². The van der Waals surface area contributed by atoms with E-state index in [4.69, 9.17) is 9.47 Å². The molecule has 1 saturated carbocycles. The fourth-order valence-corrected chi connectivity index (χ4v) is 4.51. The summed E-state index contributed by atoms with van der Waals surface area (Å²) in [4.78, 5) is 3.76. The SMILES string of the molecule is COCCOc1ccc([C@H](CC2CCCC2)c2ccc(S(C)(=O)=O)cc2)[nH]1. The molecule has 1 aromatic heterocycles. The molecule has 0 bridgehead atoms. The maximum atomic E-state index is 11.8. The number of rotatable bonds is 9. The van der Waals surface area contributed by atoms with Crippen molar-refractivity contribution in [3.63, 3.8) is 0 Å². The van der Waals surface area contributed by atoms with E-state index in [0.29, 0.717) is 24.0 Å². The number of nitrogens with one attached hydrogen (secondary N) is 1.